The predicted molar refractivity (Wildman–Crippen MR) is 87.6 cm³/mol. The molecule has 0 N–H and O–H groups in total. The molecule has 1 aliphatic heterocycles. The van der Waals surface area contributed by atoms with E-state index < -0.39 is 9.84 Å². The molecule has 1 unspecified atom stereocenters. The summed E-state index contributed by atoms with van der Waals surface area (Å²) >= 11 is 0. The standard InChI is InChI=1S/C18H20O4S/c1-2-3-14-4-8-17(9-5-14)23(19,20)18-10-6-15(7-11-18)21-12-16-13-22-16/h4-11,16H,2-3,12-13H2,1H3. The number of benzene rings is 2. The first kappa shape index (κ1) is 16.0. The van der Waals surface area contributed by atoms with Crippen LogP contribution in [0.3, 0.4) is 0 Å². The summed E-state index contributed by atoms with van der Waals surface area (Å²) in [5.41, 5.74) is 1.15. The third kappa shape index (κ3) is 3.92. The van der Waals surface area contributed by atoms with Crippen LogP contribution in [0.4, 0.5) is 0 Å². The molecule has 0 amide bonds. The quantitative estimate of drug-likeness (QED) is 0.730. The van der Waals surface area contributed by atoms with Crippen LogP contribution >= 0.6 is 0 Å². The molecule has 1 heterocycles. The zero-order valence-electron chi connectivity index (χ0n) is 13.1. The molecule has 3 rings (SSSR count). The molecule has 0 aromatic heterocycles. The molecule has 2 aromatic carbocycles. The van der Waals surface area contributed by atoms with E-state index in [1.165, 1.54) is 0 Å². The highest BCUT2D eigenvalue weighted by molar-refractivity contribution is 7.91. The Balaban J connectivity index is 1.75. The van der Waals surface area contributed by atoms with Crippen LogP contribution in [0.1, 0.15) is 18.9 Å². The molecule has 2 aromatic rings. The number of rotatable bonds is 7. The van der Waals surface area contributed by atoms with Crippen molar-refractivity contribution in [3.63, 3.8) is 0 Å². The third-order valence-electron chi connectivity index (χ3n) is 3.74. The molecule has 1 atom stereocenters. The van der Waals surface area contributed by atoms with E-state index in [1.807, 2.05) is 12.1 Å². The van der Waals surface area contributed by atoms with Gasteiger partial charge in [0.15, 0.2) is 0 Å². The molecular weight excluding hydrogens is 312 g/mol. The van der Waals surface area contributed by atoms with Gasteiger partial charge in [0.1, 0.15) is 18.5 Å². The summed E-state index contributed by atoms with van der Waals surface area (Å²) in [4.78, 5) is 0.591. The minimum Gasteiger partial charge on any atom is -0.491 e. The molecule has 0 aliphatic carbocycles. The average Bonchev–Trinajstić information content (AvgIpc) is 3.39. The highest BCUT2D eigenvalue weighted by Gasteiger charge is 2.23. The van der Waals surface area contributed by atoms with Crippen molar-refractivity contribution in [3.05, 3.63) is 54.1 Å². The van der Waals surface area contributed by atoms with Crippen LogP contribution in [0, 0.1) is 0 Å². The minimum atomic E-state index is -3.49. The van der Waals surface area contributed by atoms with Crippen LogP contribution in [-0.2, 0) is 21.0 Å². The first-order valence-corrected chi connectivity index (χ1v) is 9.26. The topological polar surface area (TPSA) is 55.9 Å². The van der Waals surface area contributed by atoms with Gasteiger partial charge in [-0.3, -0.25) is 0 Å². The summed E-state index contributed by atoms with van der Waals surface area (Å²) in [5, 5.41) is 0. The van der Waals surface area contributed by atoms with E-state index in [1.54, 1.807) is 36.4 Å². The molecule has 1 saturated heterocycles. The van der Waals surface area contributed by atoms with E-state index in [9.17, 15) is 8.42 Å². The van der Waals surface area contributed by atoms with Gasteiger partial charge in [0.25, 0.3) is 0 Å². The van der Waals surface area contributed by atoms with Crippen LogP contribution in [0.5, 0.6) is 5.75 Å². The van der Waals surface area contributed by atoms with Gasteiger partial charge in [0.2, 0.25) is 9.84 Å². The summed E-state index contributed by atoms with van der Waals surface area (Å²) in [6, 6.07) is 13.6. The Morgan fingerprint density at radius 1 is 1.04 bits per heavy atom. The fourth-order valence-electron chi connectivity index (χ4n) is 2.33. The van der Waals surface area contributed by atoms with E-state index in [2.05, 4.69) is 6.92 Å². The maximum atomic E-state index is 12.6. The van der Waals surface area contributed by atoms with Crippen molar-refractivity contribution in [2.24, 2.45) is 0 Å². The van der Waals surface area contributed by atoms with Crippen molar-refractivity contribution in [2.45, 2.75) is 35.7 Å². The Morgan fingerprint density at radius 3 is 2.13 bits per heavy atom. The summed E-state index contributed by atoms with van der Waals surface area (Å²) in [5.74, 6) is 0.651. The molecular formula is C18H20O4S. The van der Waals surface area contributed by atoms with Crippen molar-refractivity contribution in [1.29, 1.82) is 0 Å². The third-order valence-corrected chi connectivity index (χ3v) is 5.53. The maximum absolute atomic E-state index is 12.6. The molecule has 5 heteroatoms. The van der Waals surface area contributed by atoms with Crippen LogP contribution < -0.4 is 4.74 Å². The smallest absolute Gasteiger partial charge is 0.206 e. The van der Waals surface area contributed by atoms with Crippen molar-refractivity contribution in [1.82, 2.24) is 0 Å². The highest BCUT2D eigenvalue weighted by atomic mass is 32.2. The summed E-state index contributed by atoms with van der Waals surface area (Å²) in [6.45, 7) is 3.34. The zero-order valence-corrected chi connectivity index (χ0v) is 13.9. The van der Waals surface area contributed by atoms with E-state index in [0.717, 1.165) is 25.0 Å². The van der Waals surface area contributed by atoms with Crippen LogP contribution in [0.2, 0.25) is 0 Å². The number of hydrogen-bond donors (Lipinski definition) is 0. The van der Waals surface area contributed by atoms with Crippen molar-refractivity contribution >= 4 is 9.84 Å². The van der Waals surface area contributed by atoms with Crippen molar-refractivity contribution in [3.8, 4) is 5.75 Å². The molecule has 0 saturated carbocycles. The molecule has 1 aliphatic rings. The van der Waals surface area contributed by atoms with E-state index in [4.69, 9.17) is 9.47 Å². The van der Waals surface area contributed by atoms with Crippen LogP contribution in [0.25, 0.3) is 0 Å². The first-order chi connectivity index (χ1) is 11.1. The predicted octanol–water partition coefficient (Wildman–Crippen LogP) is 3.25. The highest BCUT2D eigenvalue weighted by Crippen LogP contribution is 2.24. The number of sulfone groups is 1. The zero-order chi connectivity index (χ0) is 16.3. The maximum Gasteiger partial charge on any atom is 0.206 e. The normalized spacial score (nSPS) is 17.0. The Labute approximate surface area is 137 Å². The fourth-order valence-corrected chi connectivity index (χ4v) is 3.59. The van der Waals surface area contributed by atoms with Crippen LogP contribution in [0.15, 0.2) is 58.3 Å². The lowest BCUT2D eigenvalue weighted by atomic mass is 10.1. The van der Waals surface area contributed by atoms with Gasteiger partial charge in [0, 0.05) is 0 Å². The van der Waals surface area contributed by atoms with E-state index in [0.29, 0.717) is 17.3 Å². The lowest BCUT2D eigenvalue weighted by molar-refractivity contribution is 0.263. The summed E-state index contributed by atoms with van der Waals surface area (Å²) in [6.07, 6.45) is 2.18. The average molecular weight is 332 g/mol. The van der Waals surface area contributed by atoms with Crippen LogP contribution in [-0.4, -0.2) is 27.7 Å². The molecule has 23 heavy (non-hydrogen) atoms. The lowest BCUT2D eigenvalue weighted by Gasteiger charge is -2.08. The van der Waals surface area contributed by atoms with Gasteiger partial charge < -0.3 is 9.47 Å². The van der Waals surface area contributed by atoms with Crippen molar-refractivity contribution in [2.75, 3.05) is 13.2 Å². The second-order valence-electron chi connectivity index (χ2n) is 5.64. The fraction of sp³-hybridized carbons (Fsp3) is 0.333. The monoisotopic (exact) mass is 332 g/mol. The molecule has 1 fully saturated rings. The minimum absolute atomic E-state index is 0.181. The Kier molecular flexibility index (Phi) is 4.68. The van der Waals surface area contributed by atoms with Gasteiger partial charge in [-0.25, -0.2) is 8.42 Å². The summed E-state index contributed by atoms with van der Waals surface area (Å²) < 4.78 is 35.9. The second-order valence-corrected chi connectivity index (χ2v) is 7.58. The van der Waals surface area contributed by atoms with Gasteiger partial charge in [-0.15, -0.1) is 0 Å². The number of hydrogen-bond acceptors (Lipinski definition) is 4. The molecule has 0 radical (unpaired) electrons. The number of aryl methyl sites for hydroxylation is 1. The number of ether oxygens (including phenoxy) is 2. The Morgan fingerprint density at radius 2 is 1.61 bits per heavy atom. The lowest BCUT2D eigenvalue weighted by Crippen LogP contribution is -2.05. The van der Waals surface area contributed by atoms with Gasteiger partial charge in [0.05, 0.1) is 16.4 Å². The van der Waals surface area contributed by atoms with E-state index in [-0.39, 0.29) is 11.0 Å². The number of epoxide rings is 1. The Bertz CT molecular complexity index is 745. The SMILES string of the molecule is CCCc1ccc(S(=O)(=O)c2ccc(OCC3CO3)cc2)cc1. The summed E-state index contributed by atoms with van der Waals surface area (Å²) in [7, 11) is -3.49. The molecule has 0 bridgehead atoms. The van der Waals surface area contributed by atoms with Crippen molar-refractivity contribution < 1.29 is 17.9 Å². The van der Waals surface area contributed by atoms with Gasteiger partial charge in [-0.05, 0) is 48.4 Å². The second kappa shape index (κ2) is 6.72. The van der Waals surface area contributed by atoms with Gasteiger partial charge in [-0.2, -0.15) is 0 Å². The largest absolute Gasteiger partial charge is 0.491 e. The Hall–Kier alpha value is -1.85. The molecule has 4 nitrogen and oxygen atoms in total. The molecule has 0 spiro atoms. The van der Waals surface area contributed by atoms with Gasteiger partial charge >= 0.3 is 0 Å². The first-order valence-electron chi connectivity index (χ1n) is 7.78. The van der Waals surface area contributed by atoms with Gasteiger partial charge in [-0.1, -0.05) is 25.5 Å². The molecule has 122 valence electrons. The van der Waals surface area contributed by atoms with E-state index >= 15 is 0 Å².